The molecule has 0 heterocycles. The van der Waals surface area contributed by atoms with E-state index < -0.39 is 12.2 Å². The molecule has 3 nitrogen and oxygen atoms in total. The summed E-state index contributed by atoms with van der Waals surface area (Å²) in [6.45, 7) is 5.53. The maximum absolute atomic E-state index is 11.3. The molecule has 0 spiro atoms. The molecule has 0 aliphatic rings. The van der Waals surface area contributed by atoms with Crippen molar-refractivity contribution in [3.63, 3.8) is 0 Å². The summed E-state index contributed by atoms with van der Waals surface area (Å²) in [5, 5.41) is 9.16. The summed E-state index contributed by atoms with van der Waals surface area (Å²) in [5.41, 5.74) is 0. The van der Waals surface area contributed by atoms with Crippen LogP contribution >= 0.6 is 0 Å². The van der Waals surface area contributed by atoms with E-state index in [1.54, 1.807) is 13.8 Å². The number of aliphatic hydroxyl groups excluding tert-OH is 1. The van der Waals surface area contributed by atoms with Crippen LogP contribution in [0.25, 0.3) is 0 Å². The molecule has 0 aromatic carbocycles. The van der Waals surface area contributed by atoms with E-state index >= 15 is 0 Å². The maximum atomic E-state index is 11.3. The molecule has 0 saturated carbocycles. The van der Waals surface area contributed by atoms with E-state index in [2.05, 4.69) is 6.92 Å². The maximum Gasteiger partial charge on any atom is 0.306 e. The van der Waals surface area contributed by atoms with Gasteiger partial charge in [0.05, 0.1) is 6.10 Å². The summed E-state index contributed by atoms with van der Waals surface area (Å²) in [5.74, 6) is -0.191. The average Bonchev–Trinajstić information content (AvgIpc) is 2.23. The van der Waals surface area contributed by atoms with E-state index in [1.807, 2.05) is 0 Å². The molecule has 3 heteroatoms. The SMILES string of the molecule is CCCCCCCCC(=O)OC(C)C(C)O. The third-order valence-corrected chi connectivity index (χ3v) is 2.73. The van der Waals surface area contributed by atoms with Crippen LogP contribution in [0.2, 0.25) is 0 Å². The number of aliphatic hydroxyl groups is 1. The van der Waals surface area contributed by atoms with Crippen molar-refractivity contribution >= 4 is 5.97 Å². The number of rotatable bonds is 9. The molecule has 0 amide bonds. The van der Waals surface area contributed by atoms with Gasteiger partial charge < -0.3 is 9.84 Å². The molecule has 1 N–H and O–H groups in total. The van der Waals surface area contributed by atoms with Gasteiger partial charge in [-0.15, -0.1) is 0 Å². The van der Waals surface area contributed by atoms with Gasteiger partial charge in [-0.05, 0) is 20.3 Å². The van der Waals surface area contributed by atoms with Crippen LogP contribution < -0.4 is 0 Å². The van der Waals surface area contributed by atoms with Crippen molar-refractivity contribution < 1.29 is 14.6 Å². The second kappa shape index (κ2) is 9.64. The molecular formula is C13H26O3. The van der Waals surface area contributed by atoms with Crippen molar-refractivity contribution in [2.45, 2.75) is 77.9 Å². The Kier molecular flexibility index (Phi) is 9.30. The highest BCUT2D eigenvalue weighted by atomic mass is 16.6. The lowest BCUT2D eigenvalue weighted by atomic mass is 10.1. The zero-order chi connectivity index (χ0) is 12.4. The van der Waals surface area contributed by atoms with Crippen LogP contribution in [0.15, 0.2) is 0 Å². The number of esters is 1. The van der Waals surface area contributed by atoms with E-state index in [9.17, 15) is 4.79 Å². The van der Waals surface area contributed by atoms with E-state index in [-0.39, 0.29) is 5.97 Å². The molecule has 0 aliphatic heterocycles. The van der Waals surface area contributed by atoms with Crippen LogP contribution in [0.3, 0.4) is 0 Å². The van der Waals surface area contributed by atoms with Gasteiger partial charge in [0.2, 0.25) is 0 Å². The molecule has 0 aromatic heterocycles. The van der Waals surface area contributed by atoms with Gasteiger partial charge in [-0.2, -0.15) is 0 Å². The Bertz CT molecular complexity index is 178. The van der Waals surface area contributed by atoms with Crippen LogP contribution in [0.1, 0.15) is 65.7 Å². The molecule has 96 valence electrons. The van der Waals surface area contributed by atoms with Gasteiger partial charge >= 0.3 is 5.97 Å². The quantitative estimate of drug-likeness (QED) is 0.489. The van der Waals surface area contributed by atoms with Gasteiger partial charge in [0.1, 0.15) is 6.10 Å². The smallest absolute Gasteiger partial charge is 0.306 e. The summed E-state index contributed by atoms with van der Waals surface area (Å²) >= 11 is 0. The van der Waals surface area contributed by atoms with Gasteiger partial charge in [-0.1, -0.05) is 39.0 Å². The predicted molar refractivity (Wildman–Crippen MR) is 65.2 cm³/mol. The van der Waals surface area contributed by atoms with Crippen LogP contribution in [-0.2, 0) is 9.53 Å². The van der Waals surface area contributed by atoms with Crippen LogP contribution in [-0.4, -0.2) is 23.3 Å². The van der Waals surface area contributed by atoms with Gasteiger partial charge in [0, 0.05) is 6.42 Å². The fourth-order valence-corrected chi connectivity index (χ4v) is 1.41. The number of unbranched alkanes of at least 4 members (excludes halogenated alkanes) is 5. The van der Waals surface area contributed by atoms with Gasteiger partial charge in [0.25, 0.3) is 0 Å². The Hall–Kier alpha value is -0.570. The normalized spacial score (nSPS) is 14.5. The molecule has 16 heavy (non-hydrogen) atoms. The molecule has 2 atom stereocenters. The first-order valence-corrected chi connectivity index (χ1v) is 6.45. The minimum atomic E-state index is -0.589. The lowest BCUT2D eigenvalue weighted by Crippen LogP contribution is -2.25. The monoisotopic (exact) mass is 230 g/mol. The second-order valence-electron chi connectivity index (χ2n) is 4.45. The first-order valence-electron chi connectivity index (χ1n) is 6.45. The Labute approximate surface area is 99.2 Å². The van der Waals surface area contributed by atoms with Crippen molar-refractivity contribution in [2.75, 3.05) is 0 Å². The van der Waals surface area contributed by atoms with E-state index in [1.165, 1.54) is 25.7 Å². The summed E-state index contributed by atoms with van der Waals surface area (Å²) in [4.78, 5) is 11.3. The molecule has 0 rings (SSSR count). The number of hydrogen-bond acceptors (Lipinski definition) is 3. The Morgan fingerprint density at radius 3 is 2.25 bits per heavy atom. The summed E-state index contributed by atoms with van der Waals surface area (Å²) in [7, 11) is 0. The highest BCUT2D eigenvalue weighted by molar-refractivity contribution is 5.69. The van der Waals surface area contributed by atoms with Crippen LogP contribution in [0.4, 0.5) is 0 Å². The van der Waals surface area contributed by atoms with Crippen LogP contribution in [0.5, 0.6) is 0 Å². The van der Waals surface area contributed by atoms with Crippen molar-refractivity contribution in [3.8, 4) is 0 Å². The van der Waals surface area contributed by atoms with Gasteiger partial charge in [-0.3, -0.25) is 4.79 Å². The summed E-state index contributed by atoms with van der Waals surface area (Å²) in [6.07, 6.45) is 6.47. The molecule has 0 radical (unpaired) electrons. The largest absolute Gasteiger partial charge is 0.460 e. The summed E-state index contributed by atoms with van der Waals surface area (Å²) < 4.78 is 5.05. The number of carbonyl (C=O) groups is 1. The van der Waals surface area contributed by atoms with E-state index in [4.69, 9.17) is 9.84 Å². The number of carbonyl (C=O) groups excluding carboxylic acids is 1. The molecule has 0 saturated heterocycles. The molecule has 0 fully saturated rings. The van der Waals surface area contributed by atoms with E-state index in [0.29, 0.717) is 6.42 Å². The van der Waals surface area contributed by atoms with Crippen molar-refractivity contribution in [1.29, 1.82) is 0 Å². The Morgan fingerprint density at radius 1 is 1.12 bits per heavy atom. The summed E-state index contributed by atoms with van der Waals surface area (Å²) in [6, 6.07) is 0. The minimum absolute atomic E-state index is 0.191. The van der Waals surface area contributed by atoms with Crippen molar-refractivity contribution in [1.82, 2.24) is 0 Å². The van der Waals surface area contributed by atoms with Crippen LogP contribution in [0, 0.1) is 0 Å². The Balaban J connectivity index is 3.37. The van der Waals surface area contributed by atoms with Gasteiger partial charge in [-0.25, -0.2) is 0 Å². The number of ether oxygens (including phenoxy) is 1. The zero-order valence-electron chi connectivity index (χ0n) is 10.9. The Morgan fingerprint density at radius 2 is 1.69 bits per heavy atom. The first-order chi connectivity index (χ1) is 7.57. The molecule has 0 aromatic rings. The lowest BCUT2D eigenvalue weighted by molar-refractivity contribution is -0.153. The standard InChI is InChI=1S/C13H26O3/c1-4-5-6-7-8-9-10-13(15)16-12(3)11(2)14/h11-12,14H,4-10H2,1-3H3. The lowest BCUT2D eigenvalue weighted by Gasteiger charge is -2.15. The molecule has 2 unspecified atom stereocenters. The van der Waals surface area contributed by atoms with Gasteiger partial charge in [0.15, 0.2) is 0 Å². The third-order valence-electron chi connectivity index (χ3n) is 2.73. The zero-order valence-corrected chi connectivity index (χ0v) is 10.9. The van der Waals surface area contributed by atoms with E-state index in [0.717, 1.165) is 12.8 Å². The highest BCUT2D eigenvalue weighted by Crippen LogP contribution is 2.08. The highest BCUT2D eigenvalue weighted by Gasteiger charge is 2.13. The molecule has 0 bridgehead atoms. The average molecular weight is 230 g/mol. The minimum Gasteiger partial charge on any atom is -0.460 e. The predicted octanol–water partition coefficient (Wildman–Crippen LogP) is 3.05. The first kappa shape index (κ1) is 15.4. The second-order valence-corrected chi connectivity index (χ2v) is 4.45. The third kappa shape index (κ3) is 8.72. The van der Waals surface area contributed by atoms with Crippen molar-refractivity contribution in [3.05, 3.63) is 0 Å². The number of hydrogen-bond donors (Lipinski definition) is 1. The topological polar surface area (TPSA) is 46.5 Å². The molecule has 0 aliphatic carbocycles. The van der Waals surface area contributed by atoms with Crippen molar-refractivity contribution in [2.24, 2.45) is 0 Å². The fraction of sp³-hybridized carbons (Fsp3) is 0.923. The fourth-order valence-electron chi connectivity index (χ4n) is 1.41. The molecular weight excluding hydrogens is 204 g/mol.